The molecular formula is C14H18N2O4. The molecule has 1 atom stereocenters. The molecule has 108 valence electrons. The second-order valence-electron chi connectivity index (χ2n) is 4.81. The summed E-state index contributed by atoms with van der Waals surface area (Å²) < 4.78 is 10.5. The molecule has 0 bridgehead atoms. The first-order chi connectivity index (χ1) is 9.53. The summed E-state index contributed by atoms with van der Waals surface area (Å²) in [6.07, 6.45) is 0.718. The maximum Gasteiger partial charge on any atom is 0.303 e. The number of ether oxygens (including phenoxy) is 2. The van der Waals surface area contributed by atoms with E-state index in [9.17, 15) is 4.79 Å². The van der Waals surface area contributed by atoms with Gasteiger partial charge in [-0.25, -0.2) is 4.98 Å². The summed E-state index contributed by atoms with van der Waals surface area (Å²) >= 11 is 0. The van der Waals surface area contributed by atoms with Gasteiger partial charge in [0.25, 0.3) is 0 Å². The molecule has 1 unspecified atom stereocenters. The van der Waals surface area contributed by atoms with Crippen molar-refractivity contribution in [1.82, 2.24) is 9.97 Å². The molecule has 0 saturated heterocycles. The summed E-state index contributed by atoms with van der Waals surface area (Å²) in [5, 5.41) is 8.77. The summed E-state index contributed by atoms with van der Waals surface area (Å²) in [6.45, 7) is 1.89. The van der Waals surface area contributed by atoms with Crippen LogP contribution in [0.15, 0.2) is 12.1 Å². The van der Waals surface area contributed by atoms with Crippen LogP contribution in [0.4, 0.5) is 0 Å². The highest BCUT2D eigenvalue weighted by molar-refractivity contribution is 5.79. The lowest BCUT2D eigenvalue weighted by molar-refractivity contribution is -0.137. The van der Waals surface area contributed by atoms with Crippen LogP contribution in [0.25, 0.3) is 11.0 Å². The summed E-state index contributed by atoms with van der Waals surface area (Å²) in [6, 6.07) is 3.63. The lowest BCUT2D eigenvalue weighted by Crippen LogP contribution is -2.07. The number of methoxy groups -OCH3 is 2. The molecular weight excluding hydrogens is 260 g/mol. The first-order valence-electron chi connectivity index (χ1n) is 6.36. The molecule has 6 nitrogen and oxygen atoms in total. The maximum absolute atomic E-state index is 10.7. The van der Waals surface area contributed by atoms with E-state index in [4.69, 9.17) is 14.6 Å². The third kappa shape index (κ3) is 3.01. The van der Waals surface area contributed by atoms with Crippen molar-refractivity contribution in [3.8, 4) is 11.5 Å². The molecule has 0 spiro atoms. The number of carbonyl (C=O) groups is 1. The maximum atomic E-state index is 10.7. The molecule has 6 heteroatoms. The van der Waals surface area contributed by atoms with Crippen LogP contribution >= 0.6 is 0 Å². The van der Waals surface area contributed by atoms with Crippen LogP contribution in [-0.2, 0) is 11.2 Å². The van der Waals surface area contributed by atoms with Gasteiger partial charge in [-0.3, -0.25) is 4.79 Å². The molecule has 0 aliphatic rings. The van der Waals surface area contributed by atoms with Crippen LogP contribution in [0.3, 0.4) is 0 Å². The zero-order chi connectivity index (χ0) is 14.7. The van der Waals surface area contributed by atoms with E-state index in [0.29, 0.717) is 17.9 Å². The number of hydrogen-bond acceptors (Lipinski definition) is 4. The average molecular weight is 278 g/mol. The van der Waals surface area contributed by atoms with E-state index >= 15 is 0 Å². The number of aromatic amines is 1. The molecule has 2 rings (SSSR count). The largest absolute Gasteiger partial charge is 0.493 e. The minimum Gasteiger partial charge on any atom is -0.493 e. The number of fused-ring (bicyclic) bond motifs is 1. The lowest BCUT2D eigenvalue weighted by atomic mass is 10.0. The van der Waals surface area contributed by atoms with Gasteiger partial charge in [0.15, 0.2) is 11.5 Å². The quantitative estimate of drug-likeness (QED) is 0.846. The molecule has 2 aromatic rings. The average Bonchev–Trinajstić information content (AvgIpc) is 2.76. The number of nitrogens with zero attached hydrogens (tertiary/aromatic N) is 1. The van der Waals surface area contributed by atoms with Crippen LogP contribution < -0.4 is 9.47 Å². The number of imidazole rings is 1. The van der Waals surface area contributed by atoms with E-state index in [1.807, 2.05) is 13.0 Å². The zero-order valence-electron chi connectivity index (χ0n) is 11.8. The molecule has 0 amide bonds. The minimum atomic E-state index is -0.794. The highest BCUT2D eigenvalue weighted by Gasteiger charge is 2.13. The summed E-state index contributed by atoms with van der Waals surface area (Å²) in [5.41, 5.74) is 1.63. The third-order valence-electron chi connectivity index (χ3n) is 3.10. The number of nitrogens with one attached hydrogen (secondary N) is 1. The van der Waals surface area contributed by atoms with Gasteiger partial charge in [-0.05, 0) is 5.92 Å². The highest BCUT2D eigenvalue weighted by atomic mass is 16.5. The fraction of sp³-hybridized carbons (Fsp3) is 0.429. The van der Waals surface area contributed by atoms with Gasteiger partial charge in [0.1, 0.15) is 5.82 Å². The molecule has 1 aromatic heterocycles. The number of rotatable bonds is 6. The smallest absolute Gasteiger partial charge is 0.303 e. The van der Waals surface area contributed by atoms with Crippen molar-refractivity contribution in [1.29, 1.82) is 0 Å². The van der Waals surface area contributed by atoms with E-state index in [1.54, 1.807) is 20.3 Å². The fourth-order valence-corrected chi connectivity index (χ4v) is 2.19. The first kappa shape index (κ1) is 14.2. The van der Waals surface area contributed by atoms with Gasteiger partial charge in [0.2, 0.25) is 0 Å². The number of benzene rings is 1. The molecule has 20 heavy (non-hydrogen) atoms. The summed E-state index contributed by atoms with van der Waals surface area (Å²) in [7, 11) is 3.15. The van der Waals surface area contributed by atoms with E-state index in [-0.39, 0.29) is 12.3 Å². The van der Waals surface area contributed by atoms with Crippen LogP contribution in [0, 0.1) is 5.92 Å². The van der Waals surface area contributed by atoms with Crippen LogP contribution in [0.5, 0.6) is 11.5 Å². The van der Waals surface area contributed by atoms with Gasteiger partial charge in [-0.15, -0.1) is 0 Å². The number of carboxylic acids is 1. The topological polar surface area (TPSA) is 84.4 Å². The van der Waals surface area contributed by atoms with Gasteiger partial charge in [-0.2, -0.15) is 0 Å². The first-order valence-corrected chi connectivity index (χ1v) is 6.36. The van der Waals surface area contributed by atoms with Crippen LogP contribution in [0.2, 0.25) is 0 Å². The molecule has 0 aliphatic heterocycles. The number of aromatic nitrogens is 2. The van der Waals surface area contributed by atoms with E-state index in [1.165, 1.54) is 0 Å². The fourth-order valence-electron chi connectivity index (χ4n) is 2.19. The monoisotopic (exact) mass is 278 g/mol. The predicted octanol–water partition coefficient (Wildman–Crippen LogP) is 2.23. The van der Waals surface area contributed by atoms with E-state index in [2.05, 4.69) is 9.97 Å². The van der Waals surface area contributed by atoms with E-state index < -0.39 is 5.97 Å². The minimum absolute atomic E-state index is 0.0249. The van der Waals surface area contributed by atoms with Gasteiger partial charge < -0.3 is 19.6 Å². The second kappa shape index (κ2) is 5.81. The Morgan fingerprint density at radius 2 is 2.00 bits per heavy atom. The Labute approximate surface area is 116 Å². The van der Waals surface area contributed by atoms with Crippen molar-refractivity contribution in [3.63, 3.8) is 0 Å². The number of hydrogen-bond donors (Lipinski definition) is 2. The van der Waals surface area contributed by atoms with Gasteiger partial charge >= 0.3 is 5.97 Å². The van der Waals surface area contributed by atoms with Gasteiger partial charge in [0.05, 0.1) is 25.3 Å². The lowest BCUT2D eigenvalue weighted by Gasteiger charge is -2.06. The van der Waals surface area contributed by atoms with Crippen LogP contribution in [-0.4, -0.2) is 35.3 Å². The molecule has 1 heterocycles. The molecule has 0 saturated carbocycles. The Hall–Kier alpha value is -2.24. The molecule has 2 N–H and O–H groups in total. The Bertz CT molecular complexity index is 580. The number of H-pyrrole nitrogens is 1. The molecule has 1 aromatic carbocycles. The SMILES string of the molecule is COc1cc2nc(CC(C)CC(=O)O)[nH]c2cc1OC. The van der Waals surface area contributed by atoms with Crippen molar-refractivity contribution >= 4 is 17.0 Å². The molecule has 0 aliphatic carbocycles. The van der Waals surface area contributed by atoms with Crippen molar-refractivity contribution < 1.29 is 19.4 Å². The molecule has 0 fully saturated rings. The molecule has 0 radical (unpaired) electrons. The Morgan fingerprint density at radius 3 is 2.60 bits per heavy atom. The van der Waals surface area contributed by atoms with Crippen molar-refractivity contribution in [2.75, 3.05) is 14.2 Å². The van der Waals surface area contributed by atoms with Crippen molar-refractivity contribution in [2.24, 2.45) is 5.92 Å². The highest BCUT2D eigenvalue weighted by Crippen LogP contribution is 2.31. The zero-order valence-corrected chi connectivity index (χ0v) is 11.8. The van der Waals surface area contributed by atoms with E-state index in [0.717, 1.165) is 16.9 Å². The van der Waals surface area contributed by atoms with Gasteiger partial charge in [-0.1, -0.05) is 6.92 Å². The Morgan fingerprint density at radius 1 is 1.35 bits per heavy atom. The Kier molecular flexibility index (Phi) is 4.12. The Balaban J connectivity index is 2.26. The predicted molar refractivity (Wildman–Crippen MR) is 74.3 cm³/mol. The third-order valence-corrected chi connectivity index (χ3v) is 3.10. The van der Waals surface area contributed by atoms with Crippen LogP contribution in [0.1, 0.15) is 19.2 Å². The second-order valence-corrected chi connectivity index (χ2v) is 4.81. The van der Waals surface area contributed by atoms with Crippen molar-refractivity contribution in [2.45, 2.75) is 19.8 Å². The summed E-state index contributed by atoms with van der Waals surface area (Å²) in [5.74, 6) is 1.25. The standard InChI is InChI=1S/C14H18N2O4/c1-8(5-14(17)18)4-13-15-9-6-11(19-2)12(20-3)7-10(9)16-13/h6-8H,4-5H2,1-3H3,(H,15,16)(H,17,18). The normalized spacial score (nSPS) is 12.3. The number of aliphatic carboxylic acids is 1. The van der Waals surface area contributed by atoms with Gasteiger partial charge in [0, 0.05) is 25.0 Å². The summed E-state index contributed by atoms with van der Waals surface area (Å²) in [4.78, 5) is 18.3. The number of carboxylic acid groups (broad SMARTS) is 1. The van der Waals surface area contributed by atoms with Crippen molar-refractivity contribution in [3.05, 3.63) is 18.0 Å².